The number of rotatable bonds is 4. The van der Waals surface area contributed by atoms with Crippen LogP contribution in [0, 0.1) is 10.1 Å². The van der Waals surface area contributed by atoms with Crippen molar-refractivity contribution in [1.82, 2.24) is 15.1 Å². The molecule has 82 valence electrons. The normalized spacial score (nSPS) is 11.3. The summed E-state index contributed by atoms with van der Waals surface area (Å²) in [5.74, 6) is 0.340. The second-order valence-electron chi connectivity index (χ2n) is 2.86. The molecule has 0 saturated carbocycles. The molecular formula is C7H17N5O2. The molecule has 0 bridgehead atoms. The average Bonchev–Trinajstić information content (AvgIpc) is 2.13. The molecule has 0 fully saturated rings. The number of hydrogen-bond acceptors (Lipinski definition) is 3. The van der Waals surface area contributed by atoms with Crippen LogP contribution < -0.4 is 5.32 Å². The van der Waals surface area contributed by atoms with Crippen LogP contribution in [-0.2, 0) is 0 Å². The van der Waals surface area contributed by atoms with E-state index >= 15 is 0 Å². The molecule has 0 rings (SSSR count). The Labute approximate surface area is 83.5 Å². The quantitative estimate of drug-likeness (QED) is 0.221. The molecule has 7 heteroatoms. The zero-order chi connectivity index (χ0) is 11.1. The maximum Gasteiger partial charge on any atom is 0.274 e. The third-order valence-corrected chi connectivity index (χ3v) is 1.72. The van der Waals surface area contributed by atoms with Crippen molar-refractivity contribution in [2.24, 2.45) is 5.10 Å². The number of guanidine groups is 1. The summed E-state index contributed by atoms with van der Waals surface area (Å²) in [5.41, 5.74) is 0. The van der Waals surface area contributed by atoms with Crippen molar-refractivity contribution in [1.29, 1.82) is 0 Å². The van der Waals surface area contributed by atoms with Crippen LogP contribution in [0.5, 0.6) is 0 Å². The van der Waals surface area contributed by atoms with Gasteiger partial charge >= 0.3 is 0 Å². The summed E-state index contributed by atoms with van der Waals surface area (Å²) in [6, 6.07) is 0. The summed E-state index contributed by atoms with van der Waals surface area (Å²) in [5, 5.41) is 15.8. The van der Waals surface area contributed by atoms with Crippen LogP contribution in [0.4, 0.5) is 0 Å². The first-order valence-electron chi connectivity index (χ1n) is 4.32. The molecule has 14 heavy (non-hydrogen) atoms. The van der Waals surface area contributed by atoms with Gasteiger partial charge in [-0.3, -0.25) is 0 Å². The van der Waals surface area contributed by atoms with E-state index in [0.717, 1.165) is 0 Å². The van der Waals surface area contributed by atoms with E-state index in [2.05, 4.69) is 10.4 Å². The lowest BCUT2D eigenvalue weighted by atomic mass is 10.6. The molecule has 0 aliphatic heterocycles. The highest BCUT2D eigenvalue weighted by Gasteiger charge is 2.14. The Morgan fingerprint density at radius 1 is 1.50 bits per heavy atom. The Kier molecular flexibility index (Phi) is 5.54. The predicted molar refractivity (Wildman–Crippen MR) is 54.4 cm³/mol. The number of nitrogens with one attached hydrogen (secondary N) is 1. The van der Waals surface area contributed by atoms with Gasteiger partial charge < -0.3 is 15.1 Å². The second-order valence-corrected chi connectivity index (χ2v) is 2.86. The van der Waals surface area contributed by atoms with Crippen LogP contribution in [0.3, 0.4) is 0 Å². The fraction of sp³-hybridized carbons (Fsp3) is 0.857. The minimum absolute atomic E-state index is 0.340. The topological polar surface area (TPSA) is 74.0 Å². The average molecular weight is 203 g/mol. The Morgan fingerprint density at radius 3 is 2.43 bits per heavy atom. The lowest BCUT2D eigenvalue weighted by Gasteiger charge is -2.25. The van der Waals surface area contributed by atoms with Gasteiger partial charge in [-0.2, -0.15) is 0 Å². The van der Waals surface area contributed by atoms with E-state index in [1.54, 1.807) is 30.9 Å². The summed E-state index contributed by atoms with van der Waals surface area (Å²) >= 11 is 0. The van der Waals surface area contributed by atoms with E-state index < -0.39 is 5.03 Å². The van der Waals surface area contributed by atoms with Crippen LogP contribution in [-0.4, -0.2) is 55.1 Å². The van der Waals surface area contributed by atoms with Gasteiger partial charge in [0.25, 0.3) is 5.96 Å². The third-order valence-electron chi connectivity index (χ3n) is 1.72. The van der Waals surface area contributed by atoms with Gasteiger partial charge in [0.2, 0.25) is 0 Å². The summed E-state index contributed by atoms with van der Waals surface area (Å²) in [4.78, 5) is 13.7. The van der Waals surface area contributed by atoms with Crippen LogP contribution in [0.15, 0.2) is 5.10 Å². The van der Waals surface area contributed by atoms with Crippen molar-refractivity contribution in [2.45, 2.75) is 6.92 Å². The van der Waals surface area contributed by atoms with Crippen molar-refractivity contribution in [3.05, 3.63) is 10.1 Å². The van der Waals surface area contributed by atoms with Crippen molar-refractivity contribution in [2.75, 3.05) is 34.4 Å². The van der Waals surface area contributed by atoms with Gasteiger partial charge in [0.05, 0.1) is 6.67 Å². The molecule has 0 heterocycles. The number of hydrazone groups is 1. The fourth-order valence-electron chi connectivity index (χ4n) is 0.966. The van der Waals surface area contributed by atoms with Crippen LogP contribution in [0.2, 0.25) is 0 Å². The Morgan fingerprint density at radius 2 is 2.07 bits per heavy atom. The molecule has 0 aromatic rings. The van der Waals surface area contributed by atoms with Gasteiger partial charge in [-0.05, 0) is 14.0 Å². The summed E-state index contributed by atoms with van der Waals surface area (Å²) in [6.07, 6.45) is 0. The van der Waals surface area contributed by atoms with Crippen molar-refractivity contribution in [3.8, 4) is 0 Å². The lowest BCUT2D eigenvalue weighted by molar-refractivity contribution is -0.486. The van der Waals surface area contributed by atoms with Gasteiger partial charge in [0.1, 0.15) is 5.10 Å². The predicted octanol–water partition coefficient (Wildman–Crippen LogP) is -0.405. The highest BCUT2D eigenvalue weighted by atomic mass is 16.7. The molecule has 1 N–H and O–H groups in total. The monoisotopic (exact) mass is 203 g/mol. The SMILES string of the molecule is CCN(C)/C(=N\[N+](=O)[O-])N(C)CNC. The van der Waals surface area contributed by atoms with E-state index in [4.69, 9.17) is 0 Å². The maximum absolute atomic E-state index is 10.3. The molecule has 0 aromatic heterocycles. The number of nitrogens with zero attached hydrogens (tertiary/aromatic N) is 4. The van der Waals surface area contributed by atoms with Crippen LogP contribution >= 0.6 is 0 Å². The lowest BCUT2D eigenvalue weighted by Crippen LogP contribution is -2.44. The van der Waals surface area contributed by atoms with E-state index in [9.17, 15) is 10.1 Å². The molecule has 7 nitrogen and oxygen atoms in total. The molecule has 0 unspecified atom stereocenters. The Hall–Kier alpha value is -1.37. The summed E-state index contributed by atoms with van der Waals surface area (Å²) < 4.78 is 0. The molecule has 0 aliphatic rings. The third kappa shape index (κ3) is 4.04. The standard InChI is InChI=1S/C7H17N5O2/c1-5-10(3)7(9-12(13)14)11(4)6-8-2/h8H,5-6H2,1-4H3/b9-7+. The highest BCUT2D eigenvalue weighted by Crippen LogP contribution is 1.93. The summed E-state index contributed by atoms with van der Waals surface area (Å²) in [7, 11) is 5.27. The second kappa shape index (κ2) is 6.14. The first-order chi connectivity index (χ1) is 6.52. The molecule has 0 spiro atoms. The van der Waals surface area contributed by atoms with Gasteiger partial charge in [0, 0.05) is 20.6 Å². The molecule has 0 saturated heterocycles. The Bertz CT molecular complexity index is 218. The largest absolute Gasteiger partial charge is 0.341 e. The highest BCUT2D eigenvalue weighted by molar-refractivity contribution is 5.78. The zero-order valence-corrected chi connectivity index (χ0v) is 9.02. The van der Waals surface area contributed by atoms with Crippen molar-refractivity contribution >= 4 is 5.96 Å². The number of nitro groups is 1. The number of hydrogen-bond donors (Lipinski definition) is 1. The smallest absolute Gasteiger partial charge is 0.274 e. The van der Waals surface area contributed by atoms with Gasteiger partial charge in [-0.15, -0.1) is 0 Å². The van der Waals surface area contributed by atoms with Gasteiger partial charge in [-0.25, -0.2) is 10.1 Å². The van der Waals surface area contributed by atoms with E-state index in [0.29, 0.717) is 19.2 Å². The molecule has 0 radical (unpaired) electrons. The van der Waals surface area contributed by atoms with Gasteiger partial charge in [-0.1, -0.05) is 0 Å². The van der Waals surface area contributed by atoms with Crippen molar-refractivity contribution in [3.63, 3.8) is 0 Å². The first-order valence-corrected chi connectivity index (χ1v) is 4.32. The molecule has 0 aliphatic carbocycles. The zero-order valence-electron chi connectivity index (χ0n) is 9.02. The van der Waals surface area contributed by atoms with E-state index in [-0.39, 0.29) is 0 Å². The minimum atomic E-state index is -0.687. The van der Waals surface area contributed by atoms with Crippen molar-refractivity contribution < 1.29 is 5.03 Å². The molecule has 0 amide bonds. The minimum Gasteiger partial charge on any atom is -0.341 e. The maximum atomic E-state index is 10.3. The molecule has 0 atom stereocenters. The van der Waals surface area contributed by atoms with Crippen LogP contribution in [0.1, 0.15) is 6.92 Å². The molecule has 0 aromatic carbocycles. The summed E-state index contributed by atoms with van der Waals surface area (Å²) in [6.45, 7) is 3.08. The molecular weight excluding hydrogens is 186 g/mol. The Balaban J connectivity index is 4.62. The first kappa shape index (κ1) is 12.6. The van der Waals surface area contributed by atoms with Crippen LogP contribution in [0.25, 0.3) is 0 Å². The van der Waals surface area contributed by atoms with E-state index in [1.165, 1.54) is 0 Å². The fourth-order valence-corrected chi connectivity index (χ4v) is 0.966. The van der Waals surface area contributed by atoms with Gasteiger partial charge in [0.15, 0.2) is 5.03 Å². The van der Waals surface area contributed by atoms with E-state index in [1.807, 2.05) is 6.92 Å².